The molecular weight excluding hydrogens is 250 g/mol. The van der Waals surface area contributed by atoms with Crippen LogP contribution in [0.15, 0.2) is 35.2 Å². The van der Waals surface area contributed by atoms with Crippen molar-refractivity contribution in [2.24, 2.45) is 0 Å². The number of sulfonamides is 1. The second-order valence-corrected chi connectivity index (χ2v) is 6.46. The number of hydrogen-bond donors (Lipinski definition) is 2. The fourth-order valence-corrected chi connectivity index (χ4v) is 3.62. The van der Waals surface area contributed by atoms with Crippen LogP contribution in [0, 0.1) is 0 Å². The van der Waals surface area contributed by atoms with Crippen molar-refractivity contribution in [2.45, 2.75) is 49.1 Å². The van der Waals surface area contributed by atoms with Crippen molar-refractivity contribution in [1.82, 2.24) is 4.72 Å². The first-order valence-electron chi connectivity index (χ1n) is 6.35. The van der Waals surface area contributed by atoms with Gasteiger partial charge in [0.1, 0.15) is 0 Å². The van der Waals surface area contributed by atoms with E-state index < -0.39 is 16.1 Å². The molecule has 0 bridgehead atoms. The van der Waals surface area contributed by atoms with Crippen LogP contribution < -0.4 is 4.72 Å². The second-order valence-electron chi connectivity index (χ2n) is 4.75. The molecule has 0 spiro atoms. The average Bonchev–Trinajstić information content (AvgIpc) is 2.56. The molecule has 100 valence electrons. The normalized spacial score (nSPS) is 25.6. The van der Waals surface area contributed by atoms with Gasteiger partial charge in [0.25, 0.3) is 0 Å². The Labute approximate surface area is 108 Å². The summed E-state index contributed by atoms with van der Waals surface area (Å²) in [7, 11) is -3.52. The third-order valence-electron chi connectivity index (χ3n) is 3.34. The number of hydrogen-bond acceptors (Lipinski definition) is 3. The van der Waals surface area contributed by atoms with E-state index in [1.165, 1.54) is 0 Å². The lowest BCUT2D eigenvalue weighted by Gasteiger charge is -2.21. The van der Waals surface area contributed by atoms with Crippen LogP contribution in [-0.4, -0.2) is 25.7 Å². The Morgan fingerprint density at radius 3 is 2.44 bits per heavy atom. The van der Waals surface area contributed by atoms with E-state index in [2.05, 4.69) is 4.72 Å². The molecule has 4 nitrogen and oxygen atoms in total. The molecule has 0 saturated heterocycles. The molecule has 2 N–H and O–H groups in total. The molecule has 1 saturated carbocycles. The Balaban J connectivity index is 2.12. The lowest BCUT2D eigenvalue weighted by molar-refractivity contribution is 0.130. The lowest BCUT2D eigenvalue weighted by atomic mass is 10.1. The number of nitrogens with one attached hydrogen (secondary N) is 1. The molecule has 18 heavy (non-hydrogen) atoms. The van der Waals surface area contributed by atoms with Crippen LogP contribution >= 0.6 is 0 Å². The van der Waals surface area contributed by atoms with Gasteiger partial charge in [-0.2, -0.15) is 0 Å². The van der Waals surface area contributed by atoms with Crippen LogP contribution in [0.3, 0.4) is 0 Å². The van der Waals surface area contributed by atoms with E-state index in [0.717, 1.165) is 19.3 Å². The maximum Gasteiger partial charge on any atom is 0.240 e. The molecule has 5 heteroatoms. The molecular formula is C13H19NO3S. The zero-order valence-corrected chi connectivity index (χ0v) is 11.1. The Kier molecular flexibility index (Phi) is 4.37. The van der Waals surface area contributed by atoms with Gasteiger partial charge in [-0.1, -0.05) is 37.5 Å². The summed E-state index contributed by atoms with van der Waals surface area (Å²) in [6.07, 6.45) is 3.77. The lowest BCUT2D eigenvalue weighted by Crippen LogP contribution is -2.42. The highest BCUT2D eigenvalue weighted by atomic mass is 32.2. The van der Waals surface area contributed by atoms with E-state index in [9.17, 15) is 13.5 Å². The first-order chi connectivity index (χ1) is 8.59. The van der Waals surface area contributed by atoms with Crippen LogP contribution in [0.2, 0.25) is 0 Å². The number of benzene rings is 1. The molecule has 0 amide bonds. The molecule has 1 aromatic rings. The molecule has 2 unspecified atom stereocenters. The summed E-state index contributed by atoms with van der Waals surface area (Å²) in [5, 5.41) is 9.93. The van der Waals surface area contributed by atoms with Crippen molar-refractivity contribution in [3.63, 3.8) is 0 Å². The van der Waals surface area contributed by atoms with Gasteiger partial charge in [-0.3, -0.25) is 0 Å². The SMILES string of the molecule is O=S(=O)(NC1CCCCCC1O)c1ccccc1. The largest absolute Gasteiger partial charge is 0.391 e. The molecule has 2 atom stereocenters. The molecule has 1 aliphatic rings. The summed E-state index contributed by atoms with van der Waals surface area (Å²) < 4.78 is 26.9. The van der Waals surface area contributed by atoms with Crippen molar-refractivity contribution in [3.05, 3.63) is 30.3 Å². The monoisotopic (exact) mass is 269 g/mol. The number of aliphatic hydroxyl groups is 1. The first-order valence-corrected chi connectivity index (χ1v) is 7.83. The van der Waals surface area contributed by atoms with E-state index in [4.69, 9.17) is 0 Å². The van der Waals surface area contributed by atoms with E-state index in [1.807, 2.05) is 0 Å². The van der Waals surface area contributed by atoms with Gasteiger partial charge in [-0.05, 0) is 25.0 Å². The van der Waals surface area contributed by atoms with Gasteiger partial charge in [0, 0.05) is 6.04 Å². The maximum atomic E-state index is 12.1. The van der Waals surface area contributed by atoms with Gasteiger partial charge < -0.3 is 5.11 Å². The van der Waals surface area contributed by atoms with Gasteiger partial charge in [-0.15, -0.1) is 0 Å². The van der Waals surface area contributed by atoms with E-state index in [0.29, 0.717) is 12.8 Å². The quantitative estimate of drug-likeness (QED) is 0.820. The van der Waals surface area contributed by atoms with Crippen molar-refractivity contribution < 1.29 is 13.5 Å². The molecule has 0 aromatic heterocycles. The van der Waals surface area contributed by atoms with E-state index >= 15 is 0 Å². The summed E-state index contributed by atoms with van der Waals surface area (Å²) >= 11 is 0. The maximum absolute atomic E-state index is 12.1. The third kappa shape index (κ3) is 3.31. The van der Waals surface area contributed by atoms with Gasteiger partial charge in [-0.25, -0.2) is 13.1 Å². The van der Waals surface area contributed by atoms with Gasteiger partial charge in [0.05, 0.1) is 11.0 Å². The van der Waals surface area contributed by atoms with Gasteiger partial charge in [0.2, 0.25) is 10.0 Å². The van der Waals surface area contributed by atoms with Crippen molar-refractivity contribution in [3.8, 4) is 0 Å². The summed E-state index contributed by atoms with van der Waals surface area (Å²) in [5.74, 6) is 0. The van der Waals surface area contributed by atoms with Crippen LogP contribution in [0.25, 0.3) is 0 Å². The zero-order chi connectivity index (χ0) is 13.0. The fourth-order valence-electron chi connectivity index (χ4n) is 2.29. The molecule has 0 aliphatic heterocycles. The minimum Gasteiger partial charge on any atom is -0.391 e. The average molecular weight is 269 g/mol. The number of aliphatic hydroxyl groups excluding tert-OH is 1. The van der Waals surface area contributed by atoms with E-state index in [-0.39, 0.29) is 10.9 Å². The molecule has 1 aliphatic carbocycles. The molecule has 0 heterocycles. The van der Waals surface area contributed by atoms with Gasteiger partial charge in [0.15, 0.2) is 0 Å². The molecule has 1 aromatic carbocycles. The Bertz CT molecular complexity index is 472. The zero-order valence-electron chi connectivity index (χ0n) is 10.2. The second kappa shape index (κ2) is 5.82. The Morgan fingerprint density at radius 2 is 1.72 bits per heavy atom. The highest BCUT2D eigenvalue weighted by Gasteiger charge is 2.26. The minimum absolute atomic E-state index is 0.251. The van der Waals surface area contributed by atoms with Crippen molar-refractivity contribution >= 4 is 10.0 Å². The van der Waals surface area contributed by atoms with Gasteiger partial charge >= 0.3 is 0 Å². The summed E-state index contributed by atoms with van der Waals surface area (Å²) in [4.78, 5) is 0.251. The molecule has 1 fully saturated rings. The highest BCUT2D eigenvalue weighted by molar-refractivity contribution is 7.89. The van der Waals surface area contributed by atoms with Crippen molar-refractivity contribution in [1.29, 1.82) is 0 Å². The molecule has 2 rings (SSSR count). The minimum atomic E-state index is -3.52. The van der Waals surface area contributed by atoms with Crippen LogP contribution in [0.4, 0.5) is 0 Å². The number of rotatable bonds is 3. The van der Waals surface area contributed by atoms with Crippen LogP contribution in [0.1, 0.15) is 32.1 Å². The fraction of sp³-hybridized carbons (Fsp3) is 0.538. The van der Waals surface area contributed by atoms with Crippen LogP contribution in [-0.2, 0) is 10.0 Å². The predicted molar refractivity (Wildman–Crippen MR) is 69.6 cm³/mol. The molecule has 0 radical (unpaired) electrons. The van der Waals surface area contributed by atoms with Crippen molar-refractivity contribution in [2.75, 3.05) is 0 Å². The summed E-state index contributed by atoms with van der Waals surface area (Å²) in [5.41, 5.74) is 0. The van der Waals surface area contributed by atoms with Crippen LogP contribution in [0.5, 0.6) is 0 Å². The first kappa shape index (κ1) is 13.5. The smallest absolute Gasteiger partial charge is 0.240 e. The topological polar surface area (TPSA) is 66.4 Å². The third-order valence-corrected chi connectivity index (χ3v) is 4.85. The predicted octanol–water partition coefficient (Wildman–Crippen LogP) is 1.66. The summed E-state index contributed by atoms with van der Waals surface area (Å²) in [6.45, 7) is 0. The van der Waals surface area contributed by atoms with E-state index in [1.54, 1.807) is 30.3 Å². The highest BCUT2D eigenvalue weighted by Crippen LogP contribution is 2.20. The Hall–Kier alpha value is -0.910. The summed E-state index contributed by atoms with van der Waals surface area (Å²) in [6, 6.07) is 7.92. The Morgan fingerprint density at radius 1 is 1.06 bits per heavy atom. The standard InChI is InChI=1S/C13H19NO3S/c15-13-10-6-2-5-9-12(13)14-18(16,17)11-7-3-1-4-8-11/h1,3-4,7-8,12-15H,2,5-6,9-10H2.